The van der Waals surface area contributed by atoms with Gasteiger partial charge in [0.25, 0.3) is 0 Å². The van der Waals surface area contributed by atoms with Gasteiger partial charge in [-0.25, -0.2) is 17.6 Å². The number of anilines is 1. The Balaban J connectivity index is 2.18. The van der Waals surface area contributed by atoms with Gasteiger partial charge in [0.1, 0.15) is 18.0 Å². The molecule has 0 aliphatic heterocycles. The first-order valence-electron chi connectivity index (χ1n) is 9.68. The summed E-state index contributed by atoms with van der Waals surface area (Å²) in [6.07, 6.45) is 0.444. The lowest BCUT2D eigenvalue weighted by Crippen LogP contribution is -2.41. The smallest absolute Gasteiger partial charge is 0.410 e. The Morgan fingerprint density at radius 2 is 1.77 bits per heavy atom. The molecule has 0 heterocycles. The molecule has 0 saturated carbocycles. The molecule has 0 aliphatic rings. The van der Waals surface area contributed by atoms with Crippen molar-refractivity contribution in [2.75, 3.05) is 24.7 Å². The third kappa shape index (κ3) is 6.78. The summed E-state index contributed by atoms with van der Waals surface area (Å²) in [5.74, 6) is -1.31. The van der Waals surface area contributed by atoms with Crippen LogP contribution in [0.2, 0.25) is 0 Å². The average Bonchev–Trinajstić information content (AvgIpc) is 2.65. The van der Waals surface area contributed by atoms with Crippen molar-refractivity contribution in [2.45, 2.75) is 38.2 Å². The van der Waals surface area contributed by atoms with E-state index in [0.29, 0.717) is 11.1 Å². The van der Waals surface area contributed by atoms with Crippen LogP contribution in [-0.2, 0) is 19.4 Å². The SMILES string of the molecule is CCN(CC(=O)Nc1ccc(-c2ccccc2S(C)(=O)=O)cc1F)C(=O)OC(C)(C)C. The van der Waals surface area contributed by atoms with Crippen molar-refractivity contribution in [1.82, 2.24) is 4.90 Å². The van der Waals surface area contributed by atoms with Crippen molar-refractivity contribution >= 4 is 27.5 Å². The number of sulfone groups is 1. The zero-order valence-corrected chi connectivity index (χ0v) is 19.0. The van der Waals surface area contributed by atoms with Crippen LogP contribution in [0.5, 0.6) is 0 Å². The van der Waals surface area contributed by atoms with E-state index in [9.17, 15) is 22.4 Å². The molecule has 0 fully saturated rings. The van der Waals surface area contributed by atoms with Crippen LogP contribution in [0, 0.1) is 5.82 Å². The van der Waals surface area contributed by atoms with Crippen LogP contribution in [-0.4, -0.2) is 50.3 Å². The highest BCUT2D eigenvalue weighted by Gasteiger charge is 2.23. The number of nitrogens with zero attached hydrogens (tertiary/aromatic N) is 1. The largest absolute Gasteiger partial charge is 0.444 e. The fourth-order valence-electron chi connectivity index (χ4n) is 2.81. The van der Waals surface area contributed by atoms with Crippen LogP contribution in [0.15, 0.2) is 47.4 Å². The van der Waals surface area contributed by atoms with E-state index in [1.807, 2.05) is 0 Å². The Labute approximate surface area is 182 Å². The first kappa shape index (κ1) is 24.3. The maximum atomic E-state index is 14.7. The van der Waals surface area contributed by atoms with E-state index in [1.54, 1.807) is 45.9 Å². The maximum Gasteiger partial charge on any atom is 0.410 e. The quantitative estimate of drug-likeness (QED) is 0.716. The Morgan fingerprint density at radius 1 is 1.13 bits per heavy atom. The number of ether oxygens (including phenoxy) is 1. The molecule has 0 unspecified atom stereocenters. The molecule has 2 amide bonds. The van der Waals surface area contributed by atoms with Gasteiger partial charge in [-0.15, -0.1) is 0 Å². The number of benzene rings is 2. The number of hydrogen-bond acceptors (Lipinski definition) is 5. The molecule has 0 aliphatic carbocycles. The van der Waals surface area contributed by atoms with Gasteiger partial charge in [0, 0.05) is 18.4 Å². The predicted molar refractivity (Wildman–Crippen MR) is 117 cm³/mol. The van der Waals surface area contributed by atoms with Gasteiger partial charge in [-0.2, -0.15) is 0 Å². The van der Waals surface area contributed by atoms with Crippen molar-refractivity contribution in [3.8, 4) is 11.1 Å². The Morgan fingerprint density at radius 3 is 2.32 bits per heavy atom. The molecule has 0 aromatic heterocycles. The lowest BCUT2D eigenvalue weighted by atomic mass is 10.0. The third-order valence-electron chi connectivity index (χ3n) is 4.21. The molecule has 2 rings (SSSR count). The molecule has 0 bridgehead atoms. The predicted octanol–water partition coefficient (Wildman–Crippen LogP) is 4.09. The summed E-state index contributed by atoms with van der Waals surface area (Å²) in [4.78, 5) is 25.8. The van der Waals surface area contributed by atoms with Crippen molar-refractivity contribution in [3.63, 3.8) is 0 Å². The average molecular weight is 451 g/mol. The standard InChI is InChI=1S/C22H27FN2O5S/c1-6-25(21(27)30-22(2,3)4)14-20(26)24-18-12-11-15(13-17(18)23)16-9-7-8-10-19(16)31(5,28)29/h7-13H,6,14H2,1-5H3,(H,24,26). The fourth-order valence-corrected chi connectivity index (χ4v) is 3.72. The second kappa shape index (κ2) is 9.47. The molecule has 0 radical (unpaired) electrons. The Hall–Kier alpha value is -2.94. The minimum atomic E-state index is -3.50. The summed E-state index contributed by atoms with van der Waals surface area (Å²) in [5, 5.41) is 2.43. The van der Waals surface area contributed by atoms with Crippen LogP contribution >= 0.6 is 0 Å². The molecule has 168 valence electrons. The number of carbonyl (C=O) groups is 2. The van der Waals surface area contributed by atoms with E-state index in [2.05, 4.69) is 5.32 Å². The number of likely N-dealkylation sites (N-methyl/N-ethyl adjacent to an activating group) is 1. The first-order valence-corrected chi connectivity index (χ1v) is 11.6. The minimum Gasteiger partial charge on any atom is -0.444 e. The number of hydrogen-bond donors (Lipinski definition) is 1. The maximum absolute atomic E-state index is 14.7. The van der Waals surface area contributed by atoms with E-state index in [-0.39, 0.29) is 23.7 Å². The van der Waals surface area contributed by atoms with E-state index in [1.165, 1.54) is 23.1 Å². The van der Waals surface area contributed by atoms with Crippen LogP contribution in [0.3, 0.4) is 0 Å². The van der Waals surface area contributed by atoms with Crippen LogP contribution < -0.4 is 5.32 Å². The second-order valence-electron chi connectivity index (χ2n) is 8.01. The zero-order chi connectivity index (χ0) is 23.4. The molecule has 0 saturated heterocycles. The van der Waals surface area contributed by atoms with Gasteiger partial charge >= 0.3 is 6.09 Å². The molecular weight excluding hydrogens is 423 g/mol. The molecule has 31 heavy (non-hydrogen) atoms. The summed E-state index contributed by atoms with van der Waals surface area (Å²) in [6.45, 7) is 6.80. The summed E-state index contributed by atoms with van der Waals surface area (Å²) < 4.78 is 43.9. The zero-order valence-electron chi connectivity index (χ0n) is 18.2. The van der Waals surface area contributed by atoms with E-state index in [4.69, 9.17) is 4.74 Å². The van der Waals surface area contributed by atoms with Gasteiger partial charge in [0.05, 0.1) is 10.6 Å². The van der Waals surface area contributed by atoms with Crippen LogP contribution in [0.25, 0.3) is 11.1 Å². The molecule has 1 N–H and O–H groups in total. The van der Waals surface area contributed by atoms with E-state index in [0.717, 1.165) is 12.3 Å². The topological polar surface area (TPSA) is 92.8 Å². The molecule has 9 heteroatoms. The number of nitrogens with one attached hydrogen (secondary N) is 1. The van der Waals surface area contributed by atoms with E-state index >= 15 is 0 Å². The van der Waals surface area contributed by atoms with Gasteiger partial charge in [-0.1, -0.05) is 24.3 Å². The van der Waals surface area contributed by atoms with Crippen molar-refractivity contribution in [2.24, 2.45) is 0 Å². The number of rotatable bonds is 6. The molecule has 2 aromatic rings. The normalized spacial score (nSPS) is 11.7. The molecule has 0 atom stereocenters. The molecular formula is C22H27FN2O5S. The molecule has 2 aromatic carbocycles. The fraction of sp³-hybridized carbons (Fsp3) is 0.364. The lowest BCUT2D eigenvalue weighted by Gasteiger charge is -2.26. The van der Waals surface area contributed by atoms with Crippen LogP contribution in [0.1, 0.15) is 27.7 Å². The van der Waals surface area contributed by atoms with Crippen molar-refractivity contribution < 1.29 is 27.1 Å². The van der Waals surface area contributed by atoms with Gasteiger partial charge in [0.2, 0.25) is 5.91 Å². The van der Waals surface area contributed by atoms with Gasteiger partial charge in [0.15, 0.2) is 9.84 Å². The van der Waals surface area contributed by atoms with Crippen molar-refractivity contribution in [1.29, 1.82) is 0 Å². The molecule has 0 spiro atoms. The monoisotopic (exact) mass is 450 g/mol. The number of carbonyl (C=O) groups excluding carboxylic acids is 2. The van der Waals surface area contributed by atoms with Gasteiger partial charge in [-0.05, 0) is 51.5 Å². The van der Waals surface area contributed by atoms with Crippen LogP contribution in [0.4, 0.5) is 14.9 Å². The highest BCUT2D eigenvalue weighted by molar-refractivity contribution is 7.90. The summed E-state index contributed by atoms with van der Waals surface area (Å²) in [6, 6.07) is 10.3. The highest BCUT2D eigenvalue weighted by atomic mass is 32.2. The number of amides is 2. The molecule has 7 nitrogen and oxygen atoms in total. The van der Waals surface area contributed by atoms with Crippen molar-refractivity contribution in [3.05, 3.63) is 48.3 Å². The third-order valence-corrected chi connectivity index (χ3v) is 5.36. The Bertz CT molecular complexity index is 1080. The summed E-state index contributed by atoms with van der Waals surface area (Å²) in [5.41, 5.74) is -0.0549. The summed E-state index contributed by atoms with van der Waals surface area (Å²) in [7, 11) is -3.50. The first-order chi connectivity index (χ1) is 14.3. The summed E-state index contributed by atoms with van der Waals surface area (Å²) >= 11 is 0. The van der Waals surface area contributed by atoms with E-state index < -0.39 is 33.3 Å². The van der Waals surface area contributed by atoms with Gasteiger partial charge in [-0.3, -0.25) is 9.69 Å². The second-order valence-corrected chi connectivity index (χ2v) is 9.99. The number of halogens is 1. The minimum absolute atomic E-state index is 0.0779. The highest BCUT2D eigenvalue weighted by Crippen LogP contribution is 2.29. The van der Waals surface area contributed by atoms with Gasteiger partial charge < -0.3 is 10.1 Å². The Kier molecular flexibility index (Phi) is 7.43. The lowest BCUT2D eigenvalue weighted by molar-refractivity contribution is -0.117.